The highest BCUT2D eigenvalue weighted by Gasteiger charge is 2.58. The summed E-state index contributed by atoms with van der Waals surface area (Å²) in [7, 11) is 0. The lowest BCUT2D eigenvalue weighted by Gasteiger charge is -2.46. The molecular formula is C35H46N4O8. The van der Waals surface area contributed by atoms with Crippen molar-refractivity contribution >= 4 is 29.8 Å². The standard InChI is InChI=1S/C35H46N4O8/c1-33(2,3)46-30(41)35(29(36)37-31(42)43)27-20-26(13-12-24(27)16-19-39(35)32(44)47-34(4,5)6)45-22-23-14-17-38(18-15-23)21-28(40)25-10-8-7-9-11-25/h7-13,20,23H,14-19,21-22H2,1-6H3,(H2,36,37)(H,42,43). The fraction of sp³-hybridized carbons (Fsp3) is 0.514. The summed E-state index contributed by atoms with van der Waals surface area (Å²) in [5, 5.41) is 20.6. The van der Waals surface area contributed by atoms with E-state index in [1.54, 1.807) is 59.7 Å². The lowest BCUT2D eigenvalue weighted by molar-refractivity contribution is -0.166. The van der Waals surface area contributed by atoms with Crippen LogP contribution in [0.5, 0.6) is 5.75 Å². The molecule has 12 nitrogen and oxygen atoms in total. The minimum atomic E-state index is -2.29. The van der Waals surface area contributed by atoms with E-state index >= 15 is 0 Å². The highest BCUT2D eigenvalue weighted by atomic mass is 16.6. The van der Waals surface area contributed by atoms with E-state index in [0.717, 1.165) is 30.8 Å². The largest absolute Gasteiger partial charge is 0.493 e. The fourth-order valence-electron chi connectivity index (χ4n) is 5.88. The van der Waals surface area contributed by atoms with E-state index in [4.69, 9.17) is 19.6 Å². The van der Waals surface area contributed by atoms with Gasteiger partial charge in [-0.2, -0.15) is 0 Å². The number of amides is 2. The average Bonchev–Trinajstić information content (AvgIpc) is 2.98. The summed E-state index contributed by atoms with van der Waals surface area (Å²) in [6, 6.07) is 14.4. The molecule has 0 bridgehead atoms. The van der Waals surface area contributed by atoms with Crippen LogP contribution in [0, 0.1) is 11.3 Å². The molecule has 1 saturated heterocycles. The van der Waals surface area contributed by atoms with Crippen molar-refractivity contribution in [3.8, 4) is 5.75 Å². The molecule has 2 aromatic rings. The predicted octanol–water partition coefficient (Wildman–Crippen LogP) is 5.24. The van der Waals surface area contributed by atoms with Crippen LogP contribution >= 0.6 is 0 Å². The maximum Gasteiger partial charge on any atom is 0.411 e. The third kappa shape index (κ3) is 8.68. The highest BCUT2D eigenvalue weighted by molar-refractivity contribution is 6.15. The van der Waals surface area contributed by atoms with Gasteiger partial charge in [0.05, 0.1) is 13.2 Å². The molecule has 12 heteroatoms. The van der Waals surface area contributed by atoms with Crippen LogP contribution in [0.3, 0.4) is 0 Å². The van der Waals surface area contributed by atoms with E-state index in [1.807, 2.05) is 35.6 Å². The zero-order valence-corrected chi connectivity index (χ0v) is 28.1. The first-order valence-corrected chi connectivity index (χ1v) is 15.9. The molecule has 1 unspecified atom stereocenters. The second kappa shape index (κ2) is 14.1. The quantitative estimate of drug-likeness (QED) is 0.150. The maximum atomic E-state index is 14.2. The number of carboxylic acid groups (broad SMARTS) is 1. The van der Waals surface area contributed by atoms with Gasteiger partial charge in [0, 0.05) is 17.7 Å². The normalized spacial score (nSPS) is 18.9. The van der Waals surface area contributed by atoms with Crippen molar-refractivity contribution in [3.05, 3.63) is 65.2 Å². The first-order valence-electron chi connectivity index (χ1n) is 15.9. The number of piperidine rings is 1. The van der Waals surface area contributed by atoms with Crippen molar-refractivity contribution in [1.29, 1.82) is 5.41 Å². The van der Waals surface area contributed by atoms with Gasteiger partial charge in [0.1, 0.15) is 22.8 Å². The number of carbonyl (C=O) groups excluding carboxylic acids is 3. The Morgan fingerprint density at radius 3 is 2.17 bits per heavy atom. The number of likely N-dealkylation sites (tertiary alicyclic amines) is 1. The van der Waals surface area contributed by atoms with Crippen molar-refractivity contribution in [3.63, 3.8) is 0 Å². The van der Waals surface area contributed by atoms with Crippen LogP contribution in [-0.4, -0.2) is 88.7 Å². The Hall–Kier alpha value is -4.45. The van der Waals surface area contributed by atoms with Gasteiger partial charge in [0.15, 0.2) is 5.78 Å². The van der Waals surface area contributed by atoms with Gasteiger partial charge >= 0.3 is 18.2 Å². The summed E-state index contributed by atoms with van der Waals surface area (Å²) in [6.45, 7) is 12.2. The van der Waals surface area contributed by atoms with Gasteiger partial charge in [-0.1, -0.05) is 36.4 Å². The van der Waals surface area contributed by atoms with Crippen LogP contribution in [0.2, 0.25) is 0 Å². The molecule has 4 rings (SSSR count). The molecule has 2 amide bonds. The summed E-state index contributed by atoms with van der Waals surface area (Å²) >= 11 is 0. The van der Waals surface area contributed by atoms with Crippen molar-refractivity contribution in [2.45, 2.75) is 77.5 Å². The molecule has 3 N–H and O–H groups in total. The van der Waals surface area contributed by atoms with E-state index in [-0.39, 0.29) is 23.8 Å². The predicted molar refractivity (Wildman–Crippen MR) is 175 cm³/mol. The lowest BCUT2D eigenvalue weighted by Crippen LogP contribution is -2.67. The number of fused-ring (bicyclic) bond motifs is 1. The molecule has 0 spiro atoms. The minimum absolute atomic E-state index is 0.0314. The van der Waals surface area contributed by atoms with Gasteiger partial charge < -0.3 is 19.3 Å². The van der Waals surface area contributed by atoms with Crippen LogP contribution in [-0.2, 0) is 26.2 Å². The summed E-state index contributed by atoms with van der Waals surface area (Å²) in [5.74, 6) is -1.06. The number of benzene rings is 2. The molecule has 2 aromatic carbocycles. The monoisotopic (exact) mass is 650 g/mol. The topological polar surface area (TPSA) is 159 Å². The van der Waals surface area contributed by atoms with Gasteiger partial charge in [0.25, 0.3) is 0 Å². The Morgan fingerprint density at radius 1 is 0.936 bits per heavy atom. The fourth-order valence-corrected chi connectivity index (χ4v) is 5.88. The third-order valence-corrected chi connectivity index (χ3v) is 8.04. The molecule has 1 fully saturated rings. The smallest absolute Gasteiger partial charge is 0.411 e. The molecule has 2 aliphatic heterocycles. The first-order chi connectivity index (χ1) is 22.0. The number of hydrogen-bond donors (Lipinski definition) is 3. The van der Waals surface area contributed by atoms with E-state index in [2.05, 4.69) is 4.90 Å². The third-order valence-electron chi connectivity index (χ3n) is 8.04. The van der Waals surface area contributed by atoms with Crippen molar-refractivity contribution < 1.29 is 38.5 Å². The van der Waals surface area contributed by atoms with Crippen molar-refractivity contribution in [1.82, 2.24) is 15.1 Å². The molecule has 2 heterocycles. The van der Waals surface area contributed by atoms with E-state index < -0.39 is 40.7 Å². The Morgan fingerprint density at radius 2 is 1.57 bits per heavy atom. The number of nitrogens with one attached hydrogen (secondary N) is 2. The average molecular weight is 651 g/mol. The number of ether oxygens (including phenoxy) is 3. The number of nitrogens with zero attached hydrogens (tertiary/aromatic N) is 2. The number of ketones is 1. The number of hydrogen-bond acceptors (Lipinski definition) is 9. The SMILES string of the molecule is CC(C)(C)OC(=O)N1CCc2ccc(OCC3CCN(CC(=O)c4ccccc4)CC3)cc2C1(C(=N)NC(=O)O)C(=O)OC(C)(C)C. The summed E-state index contributed by atoms with van der Waals surface area (Å²) < 4.78 is 17.7. The van der Waals surface area contributed by atoms with Crippen LogP contribution in [0.15, 0.2) is 48.5 Å². The van der Waals surface area contributed by atoms with Crippen LogP contribution in [0.4, 0.5) is 9.59 Å². The van der Waals surface area contributed by atoms with Gasteiger partial charge in [-0.15, -0.1) is 0 Å². The number of carbonyl (C=O) groups is 4. The van der Waals surface area contributed by atoms with E-state index in [9.17, 15) is 24.3 Å². The van der Waals surface area contributed by atoms with Gasteiger partial charge in [-0.05, 0) is 97.5 Å². The Kier molecular flexibility index (Phi) is 10.6. The van der Waals surface area contributed by atoms with Gasteiger partial charge in [-0.3, -0.25) is 25.3 Å². The lowest BCUT2D eigenvalue weighted by atomic mass is 9.79. The Bertz CT molecular complexity index is 1490. The number of esters is 1. The summed E-state index contributed by atoms with van der Waals surface area (Å²) in [6.07, 6.45) is -0.490. The molecule has 1 atom stereocenters. The zero-order valence-electron chi connectivity index (χ0n) is 28.1. The van der Waals surface area contributed by atoms with Crippen molar-refractivity contribution in [2.24, 2.45) is 5.92 Å². The van der Waals surface area contributed by atoms with Crippen LogP contribution < -0.4 is 10.1 Å². The second-order valence-corrected chi connectivity index (χ2v) is 14.0. The molecule has 47 heavy (non-hydrogen) atoms. The second-order valence-electron chi connectivity index (χ2n) is 14.0. The molecule has 254 valence electrons. The zero-order chi connectivity index (χ0) is 34.6. The first kappa shape index (κ1) is 35.4. The Labute approximate surface area is 275 Å². The number of rotatable bonds is 8. The maximum absolute atomic E-state index is 14.2. The van der Waals surface area contributed by atoms with E-state index in [1.165, 1.54) is 0 Å². The summed E-state index contributed by atoms with van der Waals surface area (Å²) in [4.78, 5) is 55.6. The molecule has 2 aliphatic rings. The highest BCUT2D eigenvalue weighted by Crippen LogP contribution is 2.41. The molecular weight excluding hydrogens is 604 g/mol. The van der Waals surface area contributed by atoms with Gasteiger partial charge in [0.2, 0.25) is 5.54 Å². The van der Waals surface area contributed by atoms with E-state index in [0.29, 0.717) is 36.4 Å². The molecule has 0 saturated carbocycles. The van der Waals surface area contributed by atoms with Crippen LogP contribution in [0.1, 0.15) is 75.9 Å². The minimum Gasteiger partial charge on any atom is -0.493 e. The van der Waals surface area contributed by atoms with Gasteiger partial charge in [-0.25, -0.2) is 14.4 Å². The molecule has 0 aromatic heterocycles. The van der Waals surface area contributed by atoms with Crippen LogP contribution in [0.25, 0.3) is 0 Å². The molecule has 0 aliphatic carbocycles. The summed E-state index contributed by atoms with van der Waals surface area (Å²) in [5.41, 5.74) is -2.72. The number of Topliss-reactive ketones (excluding diaryl/α,β-unsaturated/α-hetero) is 1. The van der Waals surface area contributed by atoms with Crippen molar-refractivity contribution in [2.75, 3.05) is 32.8 Å². The molecule has 0 radical (unpaired) electrons. The number of amidine groups is 1. The Balaban J connectivity index is 1.59.